The van der Waals surface area contributed by atoms with Crippen molar-refractivity contribution in [2.75, 3.05) is 0 Å². The Morgan fingerprint density at radius 2 is 2.08 bits per heavy atom. The minimum atomic E-state index is -0.0524. The van der Waals surface area contributed by atoms with Crippen molar-refractivity contribution in [2.45, 2.75) is 33.1 Å². The molecular formula is C11H15F. The first kappa shape index (κ1) is 9.24. The Bertz CT molecular complexity index is 253. The normalized spacial score (nSPS) is 10.2. The third-order valence-corrected chi connectivity index (χ3v) is 2.01. The topological polar surface area (TPSA) is 0 Å². The van der Waals surface area contributed by atoms with Crippen molar-refractivity contribution in [1.29, 1.82) is 0 Å². The fraction of sp³-hybridized carbons (Fsp3) is 0.455. The number of aryl methyl sites for hydroxylation is 2. The minimum absolute atomic E-state index is 0.0524. The molecular weight excluding hydrogens is 151 g/mol. The quantitative estimate of drug-likeness (QED) is 0.645. The molecule has 1 heteroatoms. The standard InChI is InChI=1S/C11H15F/c1-3-4-5-10-7-6-9(2)8-11(10)12/h6-8H,3-5H2,1-2H3. The average molecular weight is 166 g/mol. The smallest absolute Gasteiger partial charge is 0.126 e. The highest BCUT2D eigenvalue weighted by molar-refractivity contribution is 5.23. The van der Waals surface area contributed by atoms with Crippen LogP contribution in [0.5, 0.6) is 0 Å². The highest BCUT2D eigenvalue weighted by Gasteiger charge is 2.00. The lowest BCUT2D eigenvalue weighted by atomic mass is 10.1. The van der Waals surface area contributed by atoms with Crippen molar-refractivity contribution in [3.05, 3.63) is 35.1 Å². The summed E-state index contributed by atoms with van der Waals surface area (Å²) >= 11 is 0. The molecule has 0 spiro atoms. The Balaban J connectivity index is 2.72. The third kappa shape index (κ3) is 2.33. The number of benzene rings is 1. The monoisotopic (exact) mass is 166 g/mol. The number of unbranched alkanes of at least 4 members (excludes halogenated alkanes) is 1. The Morgan fingerprint density at radius 1 is 1.33 bits per heavy atom. The lowest BCUT2D eigenvalue weighted by Crippen LogP contribution is -1.90. The molecule has 0 amide bonds. The van der Waals surface area contributed by atoms with Gasteiger partial charge in [0.1, 0.15) is 5.82 Å². The van der Waals surface area contributed by atoms with Crippen LogP contribution < -0.4 is 0 Å². The van der Waals surface area contributed by atoms with E-state index in [-0.39, 0.29) is 5.82 Å². The summed E-state index contributed by atoms with van der Waals surface area (Å²) in [4.78, 5) is 0. The van der Waals surface area contributed by atoms with Crippen molar-refractivity contribution in [3.63, 3.8) is 0 Å². The van der Waals surface area contributed by atoms with E-state index in [1.165, 1.54) is 0 Å². The largest absolute Gasteiger partial charge is 0.207 e. The highest BCUT2D eigenvalue weighted by atomic mass is 19.1. The Morgan fingerprint density at radius 3 is 2.67 bits per heavy atom. The average Bonchev–Trinajstić information content (AvgIpc) is 2.03. The maximum Gasteiger partial charge on any atom is 0.126 e. The van der Waals surface area contributed by atoms with Crippen LogP contribution in [0.3, 0.4) is 0 Å². The molecule has 1 rings (SSSR count). The first-order chi connectivity index (χ1) is 5.74. The number of halogens is 1. The molecule has 0 aliphatic heterocycles. The van der Waals surface area contributed by atoms with E-state index in [0.717, 1.165) is 30.4 Å². The van der Waals surface area contributed by atoms with E-state index in [9.17, 15) is 4.39 Å². The Labute approximate surface area is 73.4 Å². The summed E-state index contributed by atoms with van der Waals surface area (Å²) in [5.74, 6) is -0.0524. The summed E-state index contributed by atoms with van der Waals surface area (Å²) in [6.45, 7) is 4.03. The second-order valence-electron chi connectivity index (χ2n) is 3.20. The first-order valence-corrected chi connectivity index (χ1v) is 4.49. The molecule has 0 aromatic heterocycles. The zero-order chi connectivity index (χ0) is 8.97. The predicted octanol–water partition coefficient (Wildman–Crippen LogP) is 3.48. The van der Waals surface area contributed by atoms with E-state index >= 15 is 0 Å². The molecule has 0 fully saturated rings. The molecule has 0 aliphatic carbocycles. The zero-order valence-corrected chi connectivity index (χ0v) is 7.73. The van der Waals surface area contributed by atoms with Crippen LogP contribution in [0.25, 0.3) is 0 Å². The van der Waals surface area contributed by atoms with Crippen molar-refractivity contribution in [2.24, 2.45) is 0 Å². The van der Waals surface area contributed by atoms with Gasteiger partial charge in [0, 0.05) is 0 Å². The van der Waals surface area contributed by atoms with Gasteiger partial charge in [0.15, 0.2) is 0 Å². The van der Waals surface area contributed by atoms with Crippen molar-refractivity contribution < 1.29 is 4.39 Å². The lowest BCUT2D eigenvalue weighted by Gasteiger charge is -2.02. The Hall–Kier alpha value is -0.850. The minimum Gasteiger partial charge on any atom is -0.207 e. The van der Waals surface area contributed by atoms with Gasteiger partial charge in [-0.3, -0.25) is 0 Å². The van der Waals surface area contributed by atoms with Crippen LogP contribution >= 0.6 is 0 Å². The van der Waals surface area contributed by atoms with Crippen LogP contribution in [-0.4, -0.2) is 0 Å². The maximum atomic E-state index is 13.2. The van der Waals surface area contributed by atoms with Gasteiger partial charge in [0.2, 0.25) is 0 Å². The summed E-state index contributed by atoms with van der Waals surface area (Å²) in [5.41, 5.74) is 1.84. The second kappa shape index (κ2) is 4.24. The Kier molecular flexibility index (Phi) is 3.27. The molecule has 66 valence electrons. The molecule has 0 unspecified atom stereocenters. The third-order valence-electron chi connectivity index (χ3n) is 2.01. The van der Waals surface area contributed by atoms with E-state index in [2.05, 4.69) is 6.92 Å². The summed E-state index contributed by atoms with van der Waals surface area (Å²) < 4.78 is 13.2. The van der Waals surface area contributed by atoms with Crippen LogP contribution in [0.1, 0.15) is 30.9 Å². The molecule has 1 aromatic carbocycles. The summed E-state index contributed by atoms with van der Waals surface area (Å²) in [6.07, 6.45) is 3.05. The molecule has 0 nitrogen and oxygen atoms in total. The van der Waals surface area contributed by atoms with Crippen LogP contribution in [-0.2, 0) is 6.42 Å². The van der Waals surface area contributed by atoms with Gasteiger partial charge >= 0.3 is 0 Å². The van der Waals surface area contributed by atoms with Gasteiger partial charge in [0.25, 0.3) is 0 Å². The fourth-order valence-corrected chi connectivity index (χ4v) is 1.22. The highest BCUT2D eigenvalue weighted by Crippen LogP contribution is 2.12. The molecule has 0 radical (unpaired) electrons. The van der Waals surface area contributed by atoms with Crippen LogP contribution in [0.15, 0.2) is 18.2 Å². The SMILES string of the molecule is CCCCc1ccc(C)cc1F. The summed E-state index contributed by atoms with van der Waals surface area (Å²) in [6, 6.07) is 5.46. The molecule has 1 aromatic rings. The molecule has 0 saturated heterocycles. The van der Waals surface area contributed by atoms with Crippen LogP contribution in [0, 0.1) is 12.7 Å². The lowest BCUT2D eigenvalue weighted by molar-refractivity contribution is 0.602. The van der Waals surface area contributed by atoms with Crippen LogP contribution in [0.2, 0.25) is 0 Å². The molecule has 0 saturated carbocycles. The van der Waals surface area contributed by atoms with Gasteiger partial charge < -0.3 is 0 Å². The number of hydrogen-bond acceptors (Lipinski definition) is 0. The number of hydrogen-bond donors (Lipinski definition) is 0. The fourth-order valence-electron chi connectivity index (χ4n) is 1.22. The molecule has 0 N–H and O–H groups in total. The molecule has 12 heavy (non-hydrogen) atoms. The molecule has 0 heterocycles. The van der Waals surface area contributed by atoms with E-state index in [1.54, 1.807) is 6.07 Å². The van der Waals surface area contributed by atoms with Crippen molar-refractivity contribution in [1.82, 2.24) is 0 Å². The van der Waals surface area contributed by atoms with Crippen molar-refractivity contribution >= 4 is 0 Å². The van der Waals surface area contributed by atoms with E-state index in [1.807, 2.05) is 19.1 Å². The zero-order valence-electron chi connectivity index (χ0n) is 7.73. The molecule has 0 atom stereocenters. The maximum absolute atomic E-state index is 13.2. The van der Waals surface area contributed by atoms with Gasteiger partial charge in [-0.2, -0.15) is 0 Å². The van der Waals surface area contributed by atoms with Gasteiger partial charge in [-0.15, -0.1) is 0 Å². The predicted molar refractivity (Wildman–Crippen MR) is 49.7 cm³/mol. The van der Waals surface area contributed by atoms with Crippen LogP contribution in [0.4, 0.5) is 4.39 Å². The van der Waals surface area contributed by atoms with E-state index in [0.29, 0.717) is 0 Å². The van der Waals surface area contributed by atoms with E-state index < -0.39 is 0 Å². The van der Waals surface area contributed by atoms with Gasteiger partial charge in [-0.25, -0.2) is 4.39 Å². The van der Waals surface area contributed by atoms with Gasteiger partial charge in [-0.1, -0.05) is 25.5 Å². The molecule has 0 bridgehead atoms. The second-order valence-corrected chi connectivity index (χ2v) is 3.20. The number of rotatable bonds is 3. The van der Waals surface area contributed by atoms with Gasteiger partial charge in [0.05, 0.1) is 0 Å². The summed E-state index contributed by atoms with van der Waals surface area (Å²) in [7, 11) is 0. The van der Waals surface area contributed by atoms with Crippen molar-refractivity contribution in [3.8, 4) is 0 Å². The summed E-state index contributed by atoms with van der Waals surface area (Å²) in [5, 5.41) is 0. The first-order valence-electron chi connectivity index (χ1n) is 4.49. The molecule has 0 aliphatic rings. The van der Waals surface area contributed by atoms with Gasteiger partial charge in [-0.05, 0) is 37.0 Å². The van der Waals surface area contributed by atoms with E-state index in [4.69, 9.17) is 0 Å².